The van der Waals surface area contributed by atoms with Crippen LogP contribution in [-0.2, 0) is 10.3 Å². The number of aliphatic imine (C=N–C) groups is 1. The molecule has 30 heavy (non-hydrogen) atoms. The number of halogens is 1. The van der Waals surface area contributed by atoms with Crippen LogP contribution in [0.4, 0.5) is 14.9 Å². The molecule has 0 aromatic heterocycles. The number of amidine groups is 1. The lowest BCUT2D eigenvalue weighted by atomic mass is 9.72. The number of carbonyl (C=O) groups is 1. The summed E-state index contributed by atoms with van der Waals surface area (Å²) < 4.78 is 20.7. The van der Waals surface area contributed by atoms with E-state index in [4.69, 9.17) is 9.73 Å². The number of benzene rings is 1. The van der Waals surface area contributed by atoms with Gasteiger partial charge in [0, 0.05) is 47.9 Å². The number of rotatable bonds is 3. The molecule has 3 rings (SSSR count). The first-order chi connectivity index (χ1) is 14.0. The molecular formula is C19H24FN3O6S. The Balaban J connectivity index is 2.25. The third kappa shape index (κ3) is 3.88. The Kier molecular flexibility index (Phi) is 6.08. The topological polar surface area (TPSA) is 126 Å². The Morgan fingerprint density at radius 3 is 2.77 bits per heavy atom. The molecule has 164 valence electrons. The van der Waals surface area contributed by atoms with E-state index in [0.29, 0.717) is 5.75 Å². The number of ether oxygens (including phenoxy) is 1. The van der Waals surface area contributed by atoms with Gasteiger partial charge in [0.25, 0.3) is 5.69 Å². The Morgan fingerprint density at radius 2 is 2.20 bits per heavy atom. The number of fused-ring (bicyclic) bond motifs is 1. The second-order valence-corrected chi connectivity index (χ2v) is 9.28. The lowest BCUT2D eigenvalue weighted by molar-refractivity contribution is -0.385. The van der Waals surface area contributed by atoms with Crippen molar-refractivity contribution in [1.29, 1.82) is 0 Å². The molecule has 1 aromatic carbocycles. The van der Waals surface area contributed by atoms with E-state index in [9.17, 15) is 25.1 Å². The van der Waals surface area contributed by atoms with Crippen LogP contribution in [0.1, 0.15) is 32.8 Å². The van der Waals surface area contributed by atoms with Crippen LogP contribution in [-0.4, -0.2) is 61.9 Å². The summed E-state index contributed by atoms with van der Waals surface area (Å²) in [4.78, 5) is 28.5. The molecule has 11 heteroatoms. The van der Waals surface area contributed by atoms with Crippen molar-refractivity contribution in [2.45, 2.75) is 44.4 Å². The number of nitro groups is 1. The summed E-state index contributed by atoms with van der Waals surface area (Å²) >= 11 is 1.19. The molecule has 2 N–H and O–H groups in total. The minimum atomic E-state index is -1.29. The zero-order valence-electron chi connectivity index (χ0n) is 16.9. The Hall–Kier alpha value is -2.24. The lowest BCUT2D eigenvalue weighted by Crippen LogP contribution is -2.56. The molecular weight excluding hydrogens is 417 g/mol. The van der Waals surface area contributed by atoms with Gasteiger partial charge in [0.1, 0.15) is 5.82 Å². The van der Waals surface area contributed by atoms with Crippen molar-refractivity contribution < 1.29 is 29.1 Å². The summed E-state index contributed by atoms with van der Waals surface area (Å²) in [6.07, 6.45) is -1.65. The highest BCUT2D eigenvalue weighted by atomic mass is 32.2. The van der Waals surface area contributed by atoms with Crippen LogP contribution in [0.3, 0.4) is 0 Å². The van der Waals surface area contributed by atoms with Crippen LogP contribution in [0.15, 0.2) is 23.2 Å². The maximum atomic E-state index is 15.0. The number of nitro benzene ring substituents is 1. The van der Waals surface area contributed by atoms with Gasteiger partial charge in [-0.25, -0.2) is 14.2 Å². The minimum absolute atomic E-state index is 0.0143. The molecule has 1 aromatic rings. The molecule has 0 unspecified atom stereocenters. The Morgan fingerprint density at radius 1 is 1.50 bits per heavy atom. The van der Waals surface area contributed by atoms with Crippen LogP contribution in [0.2, 0.25) is 0 Å². The smallest absolute Gasteiger partial charge is 0.413 e. The SMILES string of the molecule is CC(C)(C)N(C(=O)O)C1=N[C@]2(c3cc([N+](=O)[O-])ccc3F)CCO[C@@H](CO)[C@H]2CS1. The van der Waals surface area contributed by atoms with Crippen LogP contribution in [0, 0.1) is 21.8 Å². The van der Waals surface area contributed by atoms with Crippen molar-refractivity contribution in [3.63, 3.8) is 0 Å². The molecule has 2 aliphatic rings. The van der Waals surface area contributed by atoms with Crippen LogP contribution < -0.4 is 0 Å². The molecule has 2 heterocycles. The largest absolute Gasteiger partial charge is 0.465 e. The fraction of sp³-hybridized carbons (Fsp3) is 0.579. The maximum Gasteiger partial charge on any atom is 0.413 e. The quantitative estimate of drug-likeness (QED) is 0.545. The summed E-state index contributed by atoms with van der Waals surface area (Å²) in [5.41, 5.74) is -2.37. The maximum absolute atomic E-state index is 15.0. The van der Waals surface area contributed by atoms with Crippen molar-refractivity contribution in [1.82, 2.24) is 4.90 Å². The number of hydrogen-bond acceptors (Lipinski definition) is 7. The molecule has 0 spiro atoms. The number of carboxylic acid groups (broad SMARTS) is 1. The molecule has 0 bridgehead atoms. The molecule has 0 radical (unpaired) electrons. The first-order valence-electron chi connectivity index (χ1n) is 9.44. The Bertz CT molecular complexity index is 890. The van der Waals surface area contributed by atoms with Crippen molar-refractivity contribution in [2.24, 2.45) is 10.9 Å². The number of amides is 1. The van der Waals surface area contributed by atoms with Crippen LogP contribution in [0.5, 0.6) is 0 Å². The molecule has 3 atom stereocenters. The highest BCUT2D eigenvalue weighted by Crippen LogP contribution is 2.50. The van der Waals surface area contributed by atoms with E-state index in [1.807, 2.05) is 0 Å². The summed E-state index contributed by atoms with van der Waals surface area (Å²) in [5.74, 6) is -0.847. The van der Waals surface area contributed by atoms with E-state index >= 15 is 4.39 Å². The van der Waals surface area contributed by atoms with Gasteiger partial charge in [0.05, 0.1) is 23.2 Å². The van der Waals surface area contributed by atoms with Gasteiger partial charge in [-0.3, -0.25) is 15.0 Å². The van der Waals surface area contributed by atoms with E-state index in [0.717, 1.165) is 23.1 Å². The first-order valence-corrected chi connectivity index (χ1v) is 10.4. The predicted molar refractivity (Wildman–Crippen MR) is 109 cm³/mol. The number of thioether (sulfide) groups is 1. The first kappa shape index (κ1) is 22.4. The van der Waals surface area contributed by atoms with Crippen LogP contribution >= 0.6 is 11.8 Å². The van der Waals surface area contributed by atoms with Crippen molar-refractivity contribution in [3.05, 3.63) is 39.7 Å². The summed E-state index contributed by atoms with van der Waals surface area (Å²) in [7, 11) is 0. The number of aliphatic hydroxyl groups excluding tert-OH is 1. The van der Waals surface area contributed by atoms with E-state index in [1.165, 1.54) is 11.8 Å². The number of hydrogen-bond donors (Lipinski definition) is 2. The average Bonchev–Trinajstić information content (AvgIpc) is 2.65. The standard InChI is InChI=1S/C19H24FN3O6S/c1-18(2,3)22(17(25)26)16-21-19(6-7-29-15(9-24)13(19)10-30-16)12-8-11(23(27)28)4-5-14(12)20/h4-5,8,13,15,24H,6-7,9-10H2,1-3H3,(H,25,26)/t13-,15+,19+/m1/s1. The summed E-state index contributed by atoms with van der Waals surface area (Å²) in [6, 6.07) is 3.26. The average molecular weight is 441 g/mol. The van der Waals surface area contributed by atoms with Gasteiger partial charge >= 0.3 is 6.09 Å². The zero-order chi connectivity index (χ0) is 22.3. The van der Waals surface area contributed by atoms with Crippen LogP contribution in [0.25, 0.3) is 0 Å². The number of aliphatic hydroxyl groups is 1. The molecule has 9 nitrogen and oxygen atoms in total. The second kappa shape index (κ2) is 8.12. The van der Waals surface area contributed by atoms with Gasteiger partial charge in [0.2, 0.25) is 0 Å². The van der Waals surface area contributed by atoms with Gasteiger partial charge in [0.15, 0.2) is 5.17 Å². The summed E-state index contributed by atoms with van der Waals surface area (Å²) in [5, 5.41) is 31.1. The molecule has 2 aliphatic heterocycles. The fourth-order valence-corrected chi connectivity index (χ4v) is 5.56. The predicted octanol–water partition coefficient (Wildman–Crippen LogP) is 3.21. The monoisotopic (exact) mass is 441 g/mol. The van der Waals surface area contributed by atoms with Gasteiger partial charge < -0.3 is 14.9 Å². The molecule has 1 amide bonds. The Labute approximate surface area is 177 Å². The second-order valence-electron chi connectivity index (χ2n) is 8.29. The van der Waals surface area contributed by atoms with E-state index in [-0.39, 0.29) is 36.1 Å². The third-order valence-corrected chi connectivity index (χ3v) is 6.48. The number of nitrogens with zero attached hydrogens (tertiary/aromatic N) is 3. The normalized spacial score (nSPS) is 26.5. The van der Waals surface area contributed by atoms with E-state index < -0.39 is 39.9 Å². The van der Waals surface area contributed by atoms with E-state index in [2.05, 4.69) is 0 Å². The van der Waals surface area contributed by atoms with Crippen molar-refractivity contribution in [2.75, 3.05) is 19.0 Å². The van der Waals surface area contributed by atoms with Crippen molar-refractivity contribution >= 4 is 28.7 Å². The van der Waals surface area contributed by atoms with Gasteiger partial charge in [-0.05, 0) is 26.8 Å². The van der Waals surface area contributed by atoms with E-state index in [1.54, 1.807) is 20.8 Å². The zero-order valence-corrected chi connectivity index (χ0v) is 17.7. The summed E-state index contributed by atoms with van der Waals surface area (Å²) in [6.45, 7) is 4.98. The molecule has 0 aliphatic carbocycles. The molecule has 1 fully saturated rings. The third-order valence-electron chi connectivity index (χ3n) is 5.42. The van der Waals surface area contributed by atoms with Gasteiger partial charge in [-0.2, -0.15) is 0 Å². The van der Waals surface area contributed by atoms with Gasteiger partial charge in [-0.1, -0.05) is 11.8 Å². The minimum Gasteiger partial charge on any atom is -0.465 e. The molecule has 1 saturated heterocycles. The highest BCUT2D eigenvalue weighted by Gasteiger charge is 2.53. The number of non-ortho nitro benzene ring substituents is 1. The molecule has 0 saturated carbocycles. The van der Waals surface area contributed by atoms with Gasteiger partial charge in [-0.15, -0.1) is 0 Å². The van der Waals surface area contributed by atoms with Crippen molar-refractivity contribution in [3.8, 4) is 0 Å². The fourth-order valence-electron chi connectivity index (χ4n) is 4.03. The lowest BCUT2D eigenvalue weighted by Gasteiger charge is -2.49. The highest BCUT2D eigenvalue weighted by molar-refractivity contribution is 8.13.